The van der Waals surface area contributed by atoms with E-state index in [0.717, 1.165) is 57.4 Å². The molecule has 0 aromatic rings. The van der Waals surface area contributed by atoms with Crippen LogP contribution in [-0.4, -0.2) is 23.8 Å². The fourth-order valence-corrected chi connectivity index (χ4v) is 2.72. The second kappa shape index (κ2) is 12.9. The number of carbonyl (C=O) groups excluding carboxylic acids is 2. The first-order valence-corrected chi connectivity index (χ1v) is 9.29. The zero-order chi connectivity index (χ0) is 19.2. The van der Waals surface area contributed by atoms with Crippen molar-refractivity contribution in [1.29, 1.82) is 0 Å². The Hall–Kier alpha value is -2.36. The zero-order valence-electron chi connectivity index (χ0n) is 15.7. The number of aliphatic hydroxyl groups excluding tert-OH is 1. The molecule has 0 heterocycles. The summed E-state index contributed by atoms with van der Waals surface area (Å²) in [5, 5.41) is 9.80. The Balaban J connectivity index is 2.15. The Morgan fingerprint density at radius 3 is 2.38 bits per heavy atom. The Morgan fingerprint density at radius 2 is 1.65 bits per heavy atom. The summed E-state index contributed by atoms with van der Waals surface area (Å²) in [6.45, 7) is 3.67. The van der Waals surface area contributed by atoms with Crippen LogP contribution in [0.2, 0.25) is 0 Å². The zero-order valence-corrected chi connectivity index (χ0v) is 15.7. The molecule has 0 radical (unpaired) electrons. The Labute approximate surface area is 156 Å². The molecule has 0 unspecified atom stereocenters. The van der Waals surface area contributed by atoms with Gasteiger partial charge in [0.05, 0.1) is 7.11 Å². The van der Waals surface area contributed by atoms with Crippen molar-refractivity contribution in [2.75, 3.05) is 7.11 Å². The number of unbranched alkanes of at least 4 members (excludes halogenated alkanes) is 5. The normalized spacial score (nSPS) is 15.2. The van der Waals surface area contributed by atoms with Crippen LogP contribution in [0.1, 0.15) is 57.8 Å². The summed E-state index contributed by atoms with van der Waals surface area (Å²) in [7, 11) is 1.35. The van der Waals surface area contributed by atoms with Crippen molar-refractivity contribution < 1.29 is 19.4 Å². The summed E-state index contributed by atoms with van der Waals surface area (Å²) in [4.78, 5) is 23.7. The van der Waals surface area contributed by atoms with Crippen molar-refractivity contribution in [2.45, 2.75) is 57.8 Å². The van der Waals surface area contributed by atoms with E-state index in [4.69, 9.17) is 4.74 Å². The van der Waals surface area contributed by atoms with Gasteiger partial charge in [-0.15, -0.1) is 6.58 Å². The van der Waals surface area contributed by atoms with Gasteiger partial charge in [-0.2, -0.15) is 0 Å². The van der Waals surface area contributed by atoms with E-state index in [2.05, 4.69) is 30.9 Å². The summed E-state index contributed by atoms with van der Waals surface area (Å²) >= 11 is 0. The highest BCUT2D eigenvalue weighted by molar-refractivity contribution is 6.20. The maximum atomic E-state index is 12.1. The van der Waals surface area contributed by atoms with Crippen molar-refractivity contribution in [3.8, 4) is 0 Å². The molecule has 26 heavy (non-hydrogen) atoms. The van der Waals surface area contributed by atoms with Gasteiger partial charge in [0.25, 0.3) is 0 Å². The highest BCUT2D eigenvalue weighted by Gasteiger charge is 2.28. The van der Waals surface area contributed by atoms with Gasteiger partial charge < -0.3 is 9.84 Å². The number of allylic oxidation sites excluding steroid dienone is 7. The molecule has 0 fully saturated rings. The van der Waals surface area contributed by atoms with Gasteiger partial charge in [-0.25, -0.2) is 0 Å². The molecule has 0 saturated heterocycles. The van der Waals surface area contributed by atoms with Crippen LogP contribution in [0.3, 0.4) is 0 Å². The van der Waals surface area contributed by atoms with Crippen LogP contribution in [0.15, 0.2) is 60.1 Å². The molecule has 0 amide bonds. The molecule has 142 valence electrons. The average Bonchev–Trinajstić information content (AvgIpc) is 2.64. The van der Waals surface area contributed by atoms with Crippen LogP contribution >= 0.6 is 0 Å². The molecule has 0 aliphatic heterocycles. The van der Waals surface area contributed by atoms with Gasteiger partial charge >= 0.3 is 0 Å². The van der Waals surface area contributed by atoms with E-state index in [1.807, 2.05) is 6.08 Å². The largest absolute Gasteiger partial charge is 0.504 e. The smallest absolute Gasteiger partial charge is 0.227 e. The fraction of sp³-hybridized carbons (Fsp3) is 0.455. The lowest BCUT2D eigenvalue weighted by Crippen LogP contribution is -2.20. The second-order valence-corrected chi connectivity index (χ2v) is 6.24. The Bertz CT molecular complexity index is 606. The quantitative estimate of drug-likeness (QED) is 0.276. The number of carbonyl (C=O) groups is 2. The van der Waals surface area contributed by atoms with Crippen LogP contribution in [0.4, 0.5) is 0 Å². The molecular weight excluding hydrogens is 328 g/mol. The summed E-state index contributed by atoms with van der Waals surface area (Å²) in [6.07, 6.45) is 20.1. The molecule has 0 spiro atoms. The minimum absolute atomic E-state index is 0.00826. The summed E-state index contributed by atoms with van der Waals surface area (Å²) in [5.74, 6) is -1.35. The van der Waals surface area contributed by atoms with Gasteiger partial charge in [-0.3, -0.25) is 9.59 Å². The van der Waals surface area contributed by atoms with Crippen LogP contribution in [0.25, 0.3) is 0 Å². The number of ketones is 2. The standard InChI is InChI=1S/C22H30O4/c1-3-4-5-6-7-8-9-10-11-12-13-14-15-16-18-21(24)19(23)17-20(26-2)22(18)25/h3,5-6,8-9,17,24H,1,4,7,10-16H2,2H3/b6-5-,9-8-. The number of Topliss-reactive ketones (excluding diaryl/α,β-unsaturated/α-hetero) is 1. The molecule has 1 rings (SSSR count). The molecule has 0 saturated carbocycles. The molecule has 1 N–H and O–H groups in total. The lowest BCUT2D eigenvalue weighted by Gasteiger charge is -2.14. The molecule has 1 aliphatic carbocycles. The van der Waals surface area contributed by atoms with E-state index in [-0.39, 0.29) is 17.1 Å². The van der Waals surface area contributed by atoms with Crippen molar-refractivity contribution in [2.24, 2.45) is 0 Å². The number of rotatable bonds is 13. The maximum absolute atomic E-state index is 12.1. The van der Waals surface area contributed by atoms with E-state index in [0.29, 0.717) is 6.42 Å². The average molecular weight is 358 g/mol. The molecule has 0 aromatic carbocycles. The van der Waals surface area contributed by atoms with Crippen molar-refractivity contribution in [3.05, 3.63) is 60.1 Å². The van der Waals surface area contributed by atoms with Crippen LogP contribution < -0.4 is 0 Å². The van der Waals surface area contributed by atoms with Gasteiger partial charge in [0.1, 0.15) is 0 Å². The van der Waals surface area contributed by atoms with Gasteiger partial charge in [-0.05, 0) is 38.5 Å². The number of aliphatic hydroxyl groups is 1. The molecule has 4 nitrogen and oxygen atoms in total. The van der Waals surface area contributed by atoms with E-state index in [1.165, 1.54) is 7.11 Å². The molecule has 4 heteroatoms. The van der Waals surface area contributed by atoms with Crippen LogP contribution in [0, 0.1) is 0 Å². The van der Waals surface area contributed by atoms with Gasteiger partial charge in [0.2, 0.25) is 11.6 Å². The lowest BCUT2D eigenvalue weighted by molar-refractivity contribution is -0.119. The fourth-order valence-electron chi connectivity index (χ4n) is 2.72. The van der Waals surface area contributed by atoms with E-state index >= 15 is 0 Å². The second-order valence-electron chi connectivity index (χ2n) is 6.24. The van der Waals surface area contributed by atoms with Gasteiger partial charge in [0.15, 0.2) is 11.5 Å². The Morgan fingerprint density at radius 1 is 1.00 bits per heavy atom. The minimum atomic E-state index is -0.553. The predicted octanol–water partition coefficient (Wildman–Crippen LogP) is 5.29. The number of ether oxygens (including phenoxy) is 1. The third kappa shape index (κ3) is 7.68. The molecule has 0 bridgehead atoms. The van der Waals surface area contributed by atoms with Crippen LogP contribution in [0.5, 0.6) is 0 Å². The molecule has 0 aromatic heterocycles. The predicted molar refractivity (Wildman–Crippen MR) is 105 cm³/mol. The van der Waals surface area contributed by atoms with Crippen molar-refractivity contribution >= 4 is 11.6 Å². The first-order chi connectivity index (χ1) is 12.6. The molecule has 0 atom stereocenters. The maximum Gasteiger partial charge on any atom is 0.227 e. The van der Waals surface area contributed by atoms with E-state index in [1.54, 1.807) is 0 Å². The van der Waals surface area contributed by atoms with E-state index < -0.39 is 11.5 Å². The highest BCUT2D eigenvalue weighted by Crippen LogP contribution is 2.23. The lowest BCUT2D eigenvalue weighted by atomic mass is 9.94. The van der Waals surface area contributed by atoms with Crippen molar-refractivity contribution in [1.82, 2.24) is 0 Å². The third-order valence-corrected chi connectivity index (χ3v) is 4.21. The third-order valence-electron chi connectivity index (χ3n) is 4.21. The number of methoxy groups -OCH3 is 1. The highest BCUT2D eigenvalue weighted by atomic mass is 16.5. The van der Waals surface area contributed by atoms with Gasteiger partial charge in [-0.1, -0.05) is 49.6 Å². The Kier molecular flexibility index (Phi) is 10.8. The summed E-state index contributed by atoms with van der Waals surface area (Å²) in [5.41, 5.74) is 0.182. The summed E-state index contributed by atoms with van der Waals surface area (Å²) in [6, 6.07) is 0. The topological polar surface area (TPSA) is 63.6 Å². The number of hydrogen-bond donors (Lipinski definition) is 1. The summed E-state index contributed by atoms with van der Waals surface area (Å²) < 4.78 is 4.90. The van der Waals surface area contributed by atoms with E-state index in [9.17, 15) is 14.7 Å². The van der Waals surface area contributed by atoms with Gasteiger partial charge in [0, 0.05) is 11.6 Å². The SMILES string of the molecule is C=CC/C=C\C/C=C\CCCCCCCC1=C(O)C(=O)C=C(OC)C1=O. The molecular formula is C22H30O4. The monoisotopic (exact) mass is 358 g/mol. The van der Waals surface area contributed by atoms with Crippen LogP contribution in [-0.2, 0) is 14.3 Å². The van der Waals surface area contributed by atoms with Crippen molar-refractivity contribution in [3.63, 3.8) is 0 Å². The first-order valence-electron chi connectivity index (χ1n) is 9.29. The number of hydrogen-bond acceptors (Lipinski definition) is 4. The first kappa shape index (κ1) is 21.7. The molecule has 1 aliphatic rings. The minimum Gasteiger partial charge on any atom is -0.504 e.